The van der Waals surface area contributed by atoms with E-state index in [4.69, 9.17) is 5.73 Å². The van der Waals surface area contributed by atoms with E-state index in [2.05, 4.69) is 0 Å². The maximum atomic E-state index is 12.3. The van der Waals surface area contributed by atoms with Gasteiger partial charge >= 0.3 is 0 Å². The van der Waals surface area contributed by atoms with Crippen LogP contribution in [0.15, 0.2) is 24.3 Å². The highest BCUT2D eigenvalue weighted by atomic mass is 16.2. The first-order valence-corrected chi connectivity index (χ1v) is 6.95. The van der Waals surface area contributed by atoms with Crippen LogP contribution < -0.4 is 10.6 Å². The van der Waals surface area contributed by atoms with Crippen molar-refractivity contribution in [3.63, 3.8) is 0 Å². The van der Waals surface area contributed by atoms with Gasteiger partial charge in [-0.05, 0) is 37.5 Å². The van der Waals surface area contributed by atoms with Crippen LogP contribution in [0.2, 0.25) is 0 Å². The molecular weight excluding hydrogens is 238 g/mol. The summed E-state index contributed by atoms with van der Waals surface area (Å²) in [5.74, 6) is 0.214. The number of hydrogen-bond acceptors (Lipinski definition) is 3. The summed E-state index contributed by atoms with van der Waals surface area (Å²) in [6.45, 7) is 3.81. The van der Waals surface area contributed by atoms with E-state index in [1.807, 2.05) is 48.0 Å². The minimum atomic E-state index is 0.214. The van der Waals surface area contributed by atoms with Gasteiger partial charge in [0, 0.05) is 31.9 Å². The first kappa shape index (κ1) is 13.9. The van der Waals surface area contributed by atoms with Gasteiger partial charge in [-0.2, -0.15) is 0 Å². The van der Waals surface area contributed by atoms with Crippen LogP contribution in [-0.2, 0) is 11.3 Å². The molecule has 2 rings (SSSR count). The molecule has 0 bridgehead atoms. The molecule has 1 aliphatic carbocycles. The molecule has 0 unspecified atom stereocenters. The summed E-state index contributed by atoms with van der Waals surface area (Å²) in [6, 6.07) is 8.53. The summed E-state index contributed by atoms with van der Waals surface area (Å²) in [5.41, 5.74) is 7.78. The largest absolute Gasteiger partial charge is 0.365 e. The van der Waals surface area contributed by atoms with Crippen LogP contribution in [0.4, 0.5) is 5.69 Å². The van der Waals surface area contributed by atoms with E-state index in [-0.39, 0.29) is 5.91 Å². The smallest absolute Gasteiger partial charge is 0.242 e. The third kappa shape index (κ3) is 3.47. The number of carbonyl (C=O) groups is 1. The van der Waals surface area contributed by atoms with Gasteiger partial charge in [-0.3, -0.25) is 4.79 Å². The van der Waals surface area contributed by atoms with Gasteiger partial charge in [-0.1, -0.05) is 12.1 Å². The summed E-state index contributed by atoms with van der Waals surface area (Å²) in [7, 11) is 1.95. The van der Waals surface area contributed by atoms with E-state index >= 15 is 0 Å². The third-order valence-electron chi connectivity index (χ3n) is 3.61. The summed E-state index contributed by atoms with van der Waals surface area (Å²) in [5, 5.41) is 0. The molecule has 1 fully saturated rings. The number of nitrogens with two attached hydrogens (primary N) is 1. The van der Waals surface area contributed by atoms with Gasteiger partial charge < -0.3 is 15.5 Å². The average molecular weight is 261 g/mol. The quantitative estimate of drug-likeness (QED) is 0.846. The number of likely N-dealkylation sites (N-methyl/N-ethyl adjacent to an activating group) is 2. The molecule has 4 nitrogen and oxygen atoms in total. The van der Waals surface area contributed by atoms with Crippen molar-refractivity contribution in [2.24, 2.45) is 5.73 Å². The predicted octanol–water partition coefficient (Wildman–Crippen LogP) is 1.59. The van der Waals surface area contributed by atoms with Crippen molar-refractivity contribution >= 4 is 11.6 Å². The second-order valence-electron chi connectivity index (χ2n) is 5.14. The van der Waals surface area contributed by atoms with Gasteiger partial charge in [-0.15, -0.1) is 0 Å². The molecular formula is C15H23N3O. The maximum Gasteiger partial charge on any atom is 0.242 e. The van der Waals surface area contributed by atoms with Crippen molar-refractivity contribution in [1.29, 1.82) is 0 Å². The van der Waals surface area contributed by atoms with Crippen LogP contribution in [0.5, 0.6) is 0 Å². The van der Waals surface area contributed by atoms with Gasteiger partial charge in [0.15, 0.2) is 0 Å². The Hall–Kier alpha value is -1.55. The van der Waals surface area contributed by atoms with Gasteiger partial charge in [0.25, 0.3) is 0 Å². The highest BCUT2D eigenvalue weighted by Crippen LogP contribution is 2.26. The van der Waals surface area contributed by atoms with E-state index in [0.29, 0.717) is 19.1 Å². The average Bonchev–Trinajstić information content (AvgIpc) is 3.24. The van der Waals surface area contributed by atoms with Gasteiger partial charge in [0.2, 0.25) is 5.91 Å². The number of amides is 1. The lowest BCUT2D eigenvalue weighted by Gasteiger charge is -2.25. The highest BCUT2D eigenvalue weighted by molar-refractivity contribution is 5.82. The summed E-state index contributed by atoms with van der Waals surface area (Å²) >= 11 is 0. The Kier molecular flexibility index (Phi) is 4.43. The molecule has 0 heterocycles. The van der Waals surface area contributed by atoms with Crippen LogP contribution in [0.3, 0.4) is 0 Å². The summed E-state index contributed by atoms with van der Waals surface area (Å²) in [4.78, 5) is 16.2. The van der Waals surface area contributed by atoms with Gasteiger partial charge in [0.05, 0.1) is 6.54 Å². The maximum absolute atomic E-state index is 12.3. The van der Waals surface area contributed by atoms with Crippen LogP contribution in [0, 0.1) is 0 Å². The zero-order valence-corrected chi connectivity index (χ0v) is 11.8. The minimum Gasteiger partial charge on any atom is -0.365 e. The standard InChI is InChI=1S/C15H23N3O/c1-3-18(13-7-8-13)15(19)11-17(2)14-6-4-5-12(9-14)10-16/h4-6,9,13H,3,7-8,10-11,16H2,1-2H3. The van der Waals surface area contributed by atoms with Crippen LogP contribution in [0.1, 0.15) is 25.3 Å². The lowest BCUT2D eigenvalue weighted by molar-refractivity contribution is -0.130. The van der Waals surface area contributed by atoms with Crippen molar-refractivity contribution in [3.8, 4) is 0 Å². The number of nitrogens with zero attached hydrogens (tertiary/aromatic N) is 2. The summed E-state index contributed by atoms with van der Waals surface area (Å²) < 4.78 is 0. The normalized spacial score (nSPS) is 14.3. The predicted molar refractivity (Wildman–Crippen MR) is 78.0 cm³/mol. The van der Waals surface area contributed by atoms with Crippen molar-refractivity contribution in [1.82, 2.24) is 4.90 Å². The van der Waals surface area contributed by atoms with Crippen LogP contribution >= 0.6 is 0 Å². The second-order valence-corrected chi connectivity index (χ2v) is 5.14. The zero-order valence-electron chi connectivity index (χ0n) is 11.8. The van der Waals surface area contributed by atoms with E-state index in [9.17, 15) is 4.79 Å². The fourth-order valence-corrected chi connectivity index (χ4v) is 2.33. The Morgan fingerprint density at radius 1 is 1.42 bits per heavy atom. The molecule has 0 spiro atoms. The molecule has 2 N–H and O–H groups in total. The molecule has 4 heteroatoms. The second kappa shape index (κ2) is 6.06. The molecule has 1 aliphatic rings. The molecule has 1 amide bonds. The molecule has 1 saturated carbocycles. The van der Waals surface area contributed by atoms with E-state index in [1.165, 1.54) is 0 Å². The van der Waals surface area contributed by atoms with E-state index in [0.717, 1.165) is 30.6 Å². The van der Waals surface area contributed by atoms with Gasteiger partial charge in [0.1, 0.15) is 0 Å². The third-order valence-corrected chi connectivity index (χ3v) is 3.61. The number of benzene rings is 1. The first-order valence-electron chi connectivity index (χ1n) is 6.95. The number of hydrogen-bond donors (Lipinski definition) is 1. The molecule has 0 radical (unpaired) electrons. The fraction of sp³-hybridized carbons (Fsp3) is 0.533. The SMILES string of the molecule is CCN(C(=O)CN(C)c1cccc(CN)c1)C1CC1. The Balaban J connectivity index is 1.99. The Morgan fingerprint density at radius 3 is 2.74 bits per heavy atom. The molecule has 0 saturated heterocycles. The lowest BCUT2D eigenvalue weighted by atomic mass is 10.2. The Bertz CT molecular complexity index is 443. The van der Waals surface area contributed by atoms with Crippen molar-refractivity contribution in [2.75, 3.05) is 25.0 Å². The molecule has 1 aromatic rings. The topological polar surface area (TPSA) is 49.6 Å². The number of rotatable bonds is 6. The molecule has 0 atom stereocenters. The Labute approximate surface area is 115 Å². The fourth-order valence-electron chi connectivity index (χ4n) is 2.33. The van der Waals surface area contributed by atoms with Gasteiger partial charge in [-0.25, -0.2) is 0 Å². The van der Waals surface area contributed by atoms with Crippen molar-refractivity contribution in [3.05, 3.63) is 29.8 Å². The summed E-state index contributed by atoms with van der Waals surface area (Å²) in [6.07, 6.45) is 2.32. The Morgan fingerprint density at radius 2 is 2.16 bits per heavy atom. The molecule has 0 aromatic heterocycles. The first-order chi connectivity index (χ1) is 9.15. The number of carbonyl (C=O) groups excluding carboxylic acids is 1. The van der Waals surface area contributed by atoms with Crippen LogP contribution in [-0.4, -0.2) is 37.0 Å². The van der Waals surface area contributed by atoms with Crippen molar-refractivity contribution < 1.29 is 4.79 Å². The minimum absolute atomic E-state index is 0.214. The molecule has 19 heavy (non-hydrogen) atoms. The lowest BCUT2D eigenvalue weighted by Crippen LogP contribution is -2.40. The highest BCUT2D eigenvalue weighted by Gasteiger charge is 2.31. The van der Waals surface area contributed by atoms with E-state index < -0.39 is 0 Å². The monoisotopic (exact) mass is 261 g/mol. The zero-order chi connectivity index (χ0) is 13.8. The molecule has 104 valence electrons. The molecule has 0 aliphatic heterocycles. The molecule has 1 aromatic carbocycles. The van der Waals surface area contributed by atoms with E-state index in [1.54, 1.807) is 0 Å². The number of anilines is 1. The van der Waals surface area contributed by atoms with Crippen molar-refractivity contribution in [2.45, 2.75) is 32.4 Å². The van der Waals surface area contributed by atoms with Crippen LogP contribution in [0.25, 0.3) is 0 Å².